The first-order valence-corrected chi connectivity index (χ1v) is 7.63. The quantitative estimate of drug-likeness (QED) is 0.671. The Balaban J connectivity index is 2.58. The van der Waals surface area contributed by atoms with E-state index in [1.807, 2.05) is 11.3 Å². The molecule has 0 amide bonds. The maximum atomic E-state index is 11.3. The molecule has 0 aliphatic heterocycles. The van der Waals surface area contributed by atoms with Gasteiger partial charge >= 0.3 is 0 Å². The van der Waals surface area contributed by atoms with Gasteiger partial charge in [-0.2, -0.15) is 0 Å². The SMILES string of the molecule is CCC(C=O)(CC)CN(C)C(C)Cc1cccs1. The van der Waals surface area contributed by atoms with E-state index >= 15 is 0 Å². The summed E-state index contributed by atoms with van der Waals surface area (Å²) in [6, 6.07) is 4.75. The summed E-state index contributed by atoms with van der Waals surface area (Å²) in [6.45, 7) is 7.31. The second-order valence-electron chi connectivity index (χ2n) is 5.23. The van der Waals surface area contributed by atoms with Crippen LogP contribution in [-0.2, 0) is 11.2 Å². The zero-order valence-electron chi connectivity index (χ0n) is 12.0. The molecule has 0 saturated carbocycles. The van der Waals surface area contributed by atoms with Crippen LogP contribution in [0, 0.1) is 5.41 Å². The van der Waals surface area contributed by atoms with Crippen LogP contribution >= 0.6 is 11.3 Å². The number of nitrogens with zero attached hydrogens (tertiary/aromatic N) is 1. The highest BCUT2D eigenvalue weighted by atomic mass is 32.1. The summed E-state index contributed by atoms with van der Waals surface area (Å²) in [7, 11) is 2.13. The molecule has 2 nitrogen and oxygen atoms in total. The monoisotopic (exact) mass is 267 g/mol. The zero-order chi connectivity index (χ0) is 13.6. The number of hydrogen-bond donors (Lipinski definition) is 0. The second kappa shape index (κ2) is 7.05. The molecular formula is C15H25NOS. The van der Waals surface area contributed by atoms with E-state index in [1.165, 1.54) is 4.88 Å². The molecule has 0 bridgehead atoms. The first-order chi connectivity index (χ1) is 8.56. The van der Waals surface area contributed by atoms with Crippen molar-refractivity contribution in [3.05, 3.63) is 22.4 Å². The third-order valence-corrected chi connectivity index (χ3v) is 4.95. The lowest BCUT2D eigenvalue weighted by Gasteiger charge is -2.34. The van der Waals surface area contributed by atoms with Crippen molar-refractivity contribution in [2.24, 2.45) is 5.41 Å². The summed E-state index contributed by atoms with van der Waals surface area (Å²) in [4.78, 5) is 15.1. The lowest BCUT2D eigenvalue weighted by atomic mass is 9.83. The van der Waals surface area contributed by atoms with Gasteiger partial charge in [-0.25, -0.2) is 0 Å². The molecule has 0 aromatic carbocycles. The largest absolute Gasteiger partial charge is 0.303 e. The normalized spacial score (nSPS) is 13.8. The number of rotatable bonds is 8. The van der Waals surface area contributed by atoms with E-state index in [-0.39, 0.29) is 5.41 Å². The predicted molar refractivity (Wildman–Crippen MR) is 79.2 cm³/mol. The fourth-order valence-electron chi connectivity index (χ4n) is 2.21. The standard InChI is InChI=1S/C15H25NOS/c1-5-15(6-2,12-17)11-16(4)13(3)10-14-8-7-9-18-14/h7-9,12-13H,5-6,10-11H2,1-4H3. The van der Waals surface area contributed by atoms with Crippen molar-refractivity contribution in [1.29, 1.82) is 0 Å². The maximum absolute atomic E-state index is 11.3. The van der Waals surface area contributed by atoms with Crippen molar-refractivity contribution >= 4 is 17.6 Å². The van der Waals surface area contributed by atoms with Gasteiger partial charge in [-0.05, 0) is 44.7 Å². The fraction of sp³-hybridized carbons (Fsp3) is 0.667. The van der Waals surface area contributed by atoms with Crippen LogP contribution in [0.25, 0.3) is 0 Å². The van der Waals surface area contributed by atoms with Gasteiger partial charge in [0.1, 0.15) is 6.29 Å². The van der Waals surface area contributed by atoms with Crippen LogP contribution in [-0.4, -0.2) is 30.8 Å². The minimum atomic E-state index is -0.168. The van der Waals surface area contributed by atoms with Gasteiger partial charge in [0.2, 0.25) is 0 Å². The van der Waals surface area contributed by atoms with E-state index in [0.29, 0.717) is 6.04 Å². The van der Waals surface area contributed by atoms with E-state index < -0.39 is 0 Å². The van der Waals surface area contributed by atoms with Gasteiger partial charge in [-0.3, -0.25) is 0 Å². The summed E-state index contributed by atoms with van der Waals surface area (Å²) >= 11 is 1.81. The molecule has 1 atom stereocenters. The molecular weight excluding hydrogens is 242 g/mol. The van der Waals surface area contributed by atoms with Gasteiger partial charge in [-0.15, -0.1) is 11.3 Å². The van der Waals surface area contributed by atoms with Crippen LogP contribution in [0.3, 0.4) is 0 Å². The van der Waals surface area contributed by atoms with Crippen molar-refractivity contribution in [3.8, 4) is 0 Å². The molecule has 3 heteroatoms. The Morgan fingerprint density at radius 3 is 2.56 bits per heavy atom. The first-order valence-electron chi connectivity index (χ1n) is 6.76. The molecule has 0 aliphatic rings. The highest BCUT2D eigenvalue weighted by Crippen LogP contribution is 2.26. The molecule has 1 aromatic heterocycles. The Morgan fingerprint density at radius 1 is 1.44 bits per heavy atom. The van der Waals surface area contributed by atoms with Crippen molar-refractivity contribution in [1.82, 2.24) is 4.90 Å². The van der Waals surface area contributed by atoms with Gasteiger partial charge < -0.3 is 9.69 Å². The Morgan fingerprint density at radius 2 is 2.11 bits per heavy atom. The summed E-state index contributed by atoms with van der Waals surface area (Å²) < 4.78 is 0. The molecule has 0 radical (unpaired) electrons. The topological polar surface area (TPSA) is 20.3 Å². The van der Waals surface area contributed by atoms with Crippen molar-refractivity contribution in [3.63, 3.8) is 0 Å². The molecule has 1 rings (SSSR count). The average molecular weight is 267 g/mol. The minimum absolute atomic E-state index is 0.168. The van der Waals surface area contributed by atoms with E-state index in [9.17, 15) is 4.79 Å². The van der Waals surface area contributed by atoms with Crippen LogP contribution in [0.2, 0.25) is 0 Å². The van der Waals surface area contributed by atoms with Crippen molar-refractivity contribution in [2.75, 3.05) is 13.6 Å². The molecule has 1 unspecified atom stereocenters. The molecule has 0 spiro atoms. The van der Waals surface area contributed by atoms with E-state index in [0.717, 1.165) is 32.1 Å². The Labute approximate surface area is 115 Å². The maximum Gasteiger partial charge on any atom is 0.127 e. The van der Waals surface area contributed by atoms with Gasteiger partial charge in [0.15, 0.2) is 0 Å². The molecule has 0 fully saturated rings. The predicted octanol–water partition coefficient (Wildman–Crippen LogP) is 3.62. The lowest BCUT2D eigenvalue weighted by molar-refractivity contribution is -0.117. The molecule has 18 heavy (non-hydrogen) atoms. The smallest absolute Gasteiger partial charge is 0.127 e. The van der Waals surface area contributed by atoms with E-state index in [2.05, 4.69) is 50.2 Å². The first kappa shape index (κ1) is 15.4. The molecule has 0 aliphatic carbocycles. The Hall–Kier alpha value is -0.670. The summed E-state index contributed by atoms with van der Waals surface area (Å²) in [5, 5.41) is 2.12. The number of likely N-dealkylation sites (N-methyl/N-ethyl adjacent to an activating group) is 1. The van der Waals surface area contributed by atoms with Gasteiger partial charge in [-0.1, -0.05) is 19.9 Å². The molecule has 1 heterocycles. The summed E-state index contributed by atoms with van der Waals surface area (Å²) in [5.74, 6) is 0. The minimum Gasteiger partial charge on any atom is -0.303 e. The average Bonchev–Trinajstić information content (AvgIpc) is 2.88. The fourth-order valence-corrected chi connectivity index (χ4v) is 3.03. The van der Waals surface area contributed by atoms with Crippen LogP contribution < -0.4 is 0 Å². The molecule has 0 N–H and O–H groups in total. The number of thiophene rings is 1. The van der Waals surface area contributed by atoms with Gasteiger partial charge in [0.25, 0.3) is 0 Å². The van der Waals surface area contributed by atoms with Gasteiger partial charge in [0, 0.05) is 22.9 Å². The number of carbonyl (C=O) groups excluding carboxylic acids is 1. The second-order valence-corrected chi connectivity index (χ2v) is 6.27. The summed E-state index contributed by atoms with van der Waals surface area (Å²) in [5.41, 5.74) is -0.168. The van der Waals surface area contributed by atoms with E-state index in [4.69, 9.17) is 0 Å². The highest BCUT2D eigenvalue weighted by Gasteiger charge is 2.28. The molecule has 0 saturated heterocycles. The third kappa shape index (κ3) is 3.92. The number of aldehydes is 1. The van der Waals surface area contributed by atoms with E-state index in [1.54, 1.807) is 0 Å². The Kier molecular flexibility index (Phi) is 6.03. The zero-order valence-corrected chi connectivity index (χ0v) is 12.8. The third-order valence-electron chi connectivity index (χ3n) is 4.05. The molecule has 102 valence electrons. The van der Waals surface area contributed by atoms with Crippen LogP contribution in [0.4, 0.5) is 0 Å². The van der Waals surface area contributed by atoms with Crippen molar-refractivity contribution < 1.29 is 4.79 Å². The molecule has 1 aromatic rings. The van der Waals surface area contributed by atoms with Gasteiger partial charge in [0.05, 0.1) is 0 Å². The van der Waals surface area contributed by atoms with Crippen LogP contribution in [0.5, 0.6) is 0 Å². The number of carbonyl (C=O) groups is 1. The summed E-state index contributed by atoms with van der Waals surface area (Å²) in [6.07, 6.45) is 4.06. The van der Waals surface area contributed by atoms with Crippen LogP contribution in [0.1, 0.15) is 38.5 Å². The van der Waals surface area contributed by atoms with Crippen molar-refractivity contribution in [2.45, 2.75) is 46.1 Å². The Bertz CT molecular complexity index is 343. The number of hydrogen-bond acceptors (Lipinski definition) is 3. The van der Waals surface area contributed by atoms with Crippen LogP contribution in [0.15, 0.2) is 17.5 Å². The highest BCUT2D eigenvalue weighted by molar-refractivity contribution is 7.09. The lowest BCUT2D eigenvalue weighted by Crippen LogP contribution is -2.41.